The van der Waals surface area contributed by atoms with Crippen molar-refractivity contribution in [2.45, 2.75) is 44.8 Å². The van der Waals surface area contributed by atoms with E-state index in [1.54, 1.807) is 6.20 Å². The van der Waals surface area contributed by atoms with Gasteiger partial charge in [-0.25, -0.2) is 4.98 Å². The van der Waals surface area contributed by atoms with Crippen LogP contribution in [-0.4, -0.2) is 16.7 Å². The molecule has 0 atom stereocenters. The minimum Gasteiger partial charge on any atom is -0.439 e. The fourth-order valence-corrected chi connectivity index (χ4v) is 3.38. The summed E-state index contributed by atoms with van der Waals surface area (Å²) in [6.45, 7) is 1.48. The first-order valence-corrected chi connectivity index (χ1v) is 8.17. The maximum atomic E-state index is 11.8. The van der Waals surface area contributed by atoms with Crippen LogP contribution in [0.2, 0.25) is 0 Å². The van der Waals surface area contributed by atoms with Crippen LogP contribution in [0.15, 0.2) is 54.7 Å². The van der Waals surface area contributed by atoms with Crippen molar-refractivity contribution in [3.8, 4) is 0 Å². The number of carbonyl (C=O) groups excluding carboxylic acids is 1. The molecule has 1 aromatic heterocycles. The highest BCUT2D eigenvalue weighted by molar-refractivity contribution is 5.69. The normalized spacial score (nSPS) is 16.6. The molecule has 0 amide bonds. The van der Waals surface area contributed by atoms with E-state index in [1.165, 1.54) is 13.3 Å². The van der Waals surface area contributed by atoms with Crippen molar-refractivity contribution in [3.63, 3.8) is 0 Å². The molecule has 23 heavy (non-hydrogen) atoms. The molecule has 3 rings (SSSR count). The van der Waals surface area contributed by atoms with E-state index in [4.69, 9.17) is 4.74 Å². The van der Waals surface area contributed by atoms with Gasteiger partial charge in [-0.05, 0) is 37.1 Å². The van der Waals surface area contributed by atoms with E-state index < -0.39 is 5.72 Å². The zero-order chi connectivity index (χ0) is 16.1. The summed E-state index contributed by atoms with van der Waals surface area (Å²) >= 11 is 0. The van der Waals surface area contributed by atoms with Crippen LogP contribution in [-0.2, 0) is 9.53 Å². The summed E-state index contributed by atoms with van der Waals surface area (Å²) in [7, 11) is 0. The largest absolute Gasteiger partial charge is 0.439 e. The third-order valence-electron chi connectivity index (χ3n) is 4.27. The maximum Gasteiger partial charge on any atom is 0.304 e. The van der Waals surface area contributed by atoms with E-state index in [0.29, 0.717) is 0 Å². The number of para-hydroxylation sites is 1. The number of pyridine rings is 1. The molecule has 0 N–H and O–H groups in total. The molecule has 1 aliphatic rings. The Morgan fingerprint density at radius 2 is 1.74 bits per heavy atom. The molecule has 120 valence electrons. The molecule has 0 radical (unpaired) electrons. The molecule has 0 unspecified atom stereocenters. The maximum absolute atomic E-state index is 11.8. The monoisotopic (exact) mass is 310 g/mol. The van der Waals surface area contributed by atoms with E-state index in [0.717, 1.165) is 37.2 Å². The molecular weight excluding hydrogens is 288 g/mol. The molecule has 2 aromatic rings. The summed E-state index contributed by atoms with van der Waals surface area (Å²) in [5, 5.41) is 0. The number of aromatic nitrogens is 1. The smallest absolute Gasteiger partial charge is 0.304 e. The van der Waals surface area contributed by atoms with Crippen LogP contribution >= 0.6 is 0 Å². The van der Waals surface area contributed by atoms with E-state index in [-0.39, 0.29) is 5.97 Å². The number of rotatable bonds is 4. The second kappa shape index (κ2) is 6.82. The fourth-order valence-electron chi connectivity index (χ4n) is 3.38. The van der Waals surface area contributed by atoms with Crippen LogP contribution in [0.5, 0.6) is 0 Å². The molecule has 1 aromatic carbocycles. The molecule has 0 saturated heterocycles. The summed E-state index contributed by atoms with van der Waals surface area (Å²) in [5.41, 5.74) is 0.342. The Balaban J connectivity index is 2.10. The van der Waals surface area contributed by atoms with Crippen LogP contribution in [0.4, 0.5) is 11.5 Å². The van der Waals surface area contributed by atoms with E-state index in [9.17, 15) is 4.79 Å². The van der Waals surface area contributed by atoms with E-state index >= 15 is 0 Å². The molecule has 0 bridgehead atoms. The molecule has 1 fully saturated rings. The molecule has 1 saturated carbocycles. The number of nitrogens with zero attached hydrogens (tertiary/aromatic N) is 2. The molecule has 0 aliphatic heterocycles. The second-order valence-electron chi connectivity index (χ2n) is 5.96. The first kappa shape index (κ1) is 15.5. The third kappa shape index (κ3) is 3.36. The average Bonchev–Trinajstić information content (AvgIpc) is 2.57. The summed E-state index contributed by atoms with van der Waals surface area (Å²) in [4.78, 5) is 18.4. The summed E-state index contributed by atoms with van der Waals surface area (Å²) < 4.78 is 5.90. The second-order valence-corrected chi connectivity index (χ2v) is 5.96. The van der Waals surface area contributed by atoms with Crippen LogP contribution in [0.3, 0.4) is 0 Å². The number of hydrogen-bond acceptors (Lipinski definition) is 4. The summed E-state index contributed by atoms with van der Waals surface area (Å²) in [6.07, 6.45) is 6.67. The van der Waals surface area contributed by atoms with Gasteiger partial charge in [0.1, 0.15) is 5.82 Å². The van der Waals surface area contributed by atoms with Crippen molar-refractivity contribution in [3.05, 3.63) is 54.7 Å². The fraction of sp³-hybridized carbons (Fsp3) is 0.368. The minimum atomic E-state index is -0.653. The number of carbonyl (C=O) groups is 1. The standard InChI is InChI=1S/C19H22N2O2/c1-16(22)23-19(13-7-3-8-14-19)21(17-10-4-2-5-11-17)18-12-6-9-15-20-18/h2,4-6,9-12,15H,3,7-8,13-14H2,1H3. The van der Waals surface area contributed by atoms with Crippen molar-refractivity contribution in [1.82, 2.24) is 4.98 Å². The number of benzene rings is 1. The Bertz CT molecular complexity index is 597. The number of ether oxygens (including phenoxy) is 1. The van der Waals surface area contributed by atoms with E-state index in [2.05, 4.69) is 9.88 Å². The highest BCUT2D eigenvalue weighted by Gasteiger charge is 2.42. The zero-order valence-corrected chi connectivity index (χ0v) is 13.4. The molecular formula is C19H22N2O2. The van der Waals surface area contributed by atoms with Gasteiger partial charge in [0.05, 0.1) is 0 Å². The Morgan fingerprint density at radius 1 is 1.04 bits per heavy atom. The molecule has 0 spiro atoms. The molecule has 1 aliphatic carbocycles. The Labute approximate surface area is 137 Å². The van der Waals surface area contributed by atoms with Gasteiger partial charge in [0.25, 0.3) is 0 Å². The lowest BCUT2D eigenvalue weighted by molar-refractivity contribution is -0.159. The quantitative estimate of drug-likeness (QED) is 0.618. The lowest BCUT2D eigenvalue weighted by Crippen LogP contribution is -2.51. The van der Waals surface area contributed by atoms with E-state index in [1.807, 2.05) is 48.5 Å². The average molecular weight is 310 g/mol. The third-order valence-corrected chi connectivity index (χ3v) is 4.27. The molecule has 4 heteroatoms. The lowest BCUT2D eigenvalue weighted by atomic mass is 9.89. The SMILES string of the molecule is CC(=O)OC1(N(c2ccccc2)c2ccccn2)CCCCC1. The van der Waals surface area contributed by atoms with Gasteiger partial charge in [0.2, 0.25) is 0 Å². The van der Waals surface area contributed by atoms with Crippen molar-refractivity contribution < 1.29 is 9.53 Å². The minimum absolute atomic E-state index is 0.247. The van der Waals surface area contributed by atoms with Gasteiger partial charge in [0.15, 0.2) is 5.72 Å². The Kier molecular flexibility index (Phi) is 4.60. The van der Waals surface area contributed by atoms with Gasteiger partial charge >= 0.3 is 5.97 Å². The Morgan fingerprint density at radius 3 is 2.35 bits per heavy atom. The number of hydrogen-bond donors (Lipinski definition) is 0. The van der Waals surface area contributed by atoms with Gasteiger partial charge < -0.3 is 4.74 Å². The molecule has 1 heterocycles. The van der Waals surface area contributed by atoms with Crippen molar-refractivity contribution in [2.24, 2.45) is 0 Å². The zero-order valence-electron chi connectivity index (χ0n) is 13.4. The Hall–Kier alpha value is -2.36. The predicted molar refractivity (Wildman–Crippen MR) is 90.4 cm³/mol. The van der Waals surface area contributed by atoms with Crippen LogP contribution in [0.1, 0.15) is 39.0 Å². The van der Waals surface area contributed by atoms with Crippen molar-refractivity contribution in [2.75, 3.05) is 4.90 Å². The first-order chi connectivity index (χ1) is 11.2. The van der Waals surface area contributed by atoms with Crippen molar-refractivity contribution in [1.29, 1.82) is 0 Å². The highest BCUT2D eigenvalue weighted by Crippen LogP contribution is 2.42. The van der Waals surface area contributed by atoms with Crippen molar-refractivity contribution >= 4 is 17.5 Å². The van der Waals surface area contributed by atoms with Gasteiger partial charge in [-0.1, -0.05) is 30.7 Å². The lowest BCUT2D eigenvalue weighted by Gasteiger charge is -2.45. The van der Waals surface area contributed by atoms with Crippen LogP contribution in [0.25, 0.3) is 0 Å². The summed E-state index contributed by atoms with van der Waals surface area (Å²) in [6, 6.07) is 15.9. The van der Waals surface area contributed by atoms with Gasteiger partial charge in [-0.15, -0.1) is 0 Å². The number of anilines is 2. The van der Waals surface area contributed by atoms with Gasteiger partial charge in [-0.3, -0.25) is 9.69 Å². The van der Waals surface area contributed by atoms with Gasteiger partial charge in [-0.2, -0.15) is 0 Å². The topological polar surface area (TPSA) is 42.4 Å². The highest BCUT2D eigenvalue weighted by atomic mass is 16.6. The first-order valence-electron chi connectivity index (χ1n) is 8.17. The predicted octanol–water partition coefficient (Wildman–Crippen LogP) is 4.44. The van der Waals surface area contributed by atoms with Crippen LogP contribution < -0.4 is 4.90 Å². The summed E-state index contributed by atoms with van der Waals surface area (Å²) in [5.74, 6) is 0.561. The number of esters is 1. The van der Waals surface area contributed by atoms with Gasteiger partial charge in [0, 0.05) is 31.6 Å². The molecule has 4 nitrogen and oxygen atoms in total. The van der Waals surface area contributed by atoms with Crippen LogP contribution in [0, 0.1) is 0 Å².